The number of aromatic hydroxyl groups is 1. The number of hydrogen-bond acceptors (Lipinski definition) is 5. The summed E-state index contributed by atoms with van der Waals surface area (Å²) in [6.07, 6.45) is 0. The van der Waals surface area contributed by atoms with Crippen LogP contribution in [0, 0.1) is 0 Å². The monoisotopic (exact) mass is 276 g/mol. The highest BCUT2D eigenvalue weighted by atomic mass is 32.1. The van der Waals surface area contributed by atoms with Crippen molar-refractivity contribution in [3.63, 3.8) is 0 Å². The molecule has 0 saturated carbocycles. The molecule has 0 unspecified atom stereocenters. The molecule has 2 heterocycles. The quantitative estimate of drug-likeness (QED) is 0.755. The molecule has 4 nitrogen and oxygen atoms in total. The van der Waals surface area contributed by atoms with E-state index < -0.39 is 5.91 Å². The van der Waals surface area contributed by atoms with Crippen LogP contribution in [0.15, 0.2) is 29.0 Å². The zero-order valence-corrected chi connectivity index (χ0v) is 10.7. The van der Waals surface area contributed by atoms with Crippen LogP contribution in [0.1, 0.15) is 10.4 Å². The maximum absolute atomic E-state index is 11.1. The van der Waals surface area contributed by atoms with Gasteiger partial charge in [-0.25, -0.2) is 4.98 Å². The van der Waals surface area contributed by atoms with Crippen LogP contribution in [-0.4, -0.2) is 16.0 Å². The van der Waals surface area contributed by atoms with Gasteiger partial charge in [-0.1, -0.05) is 0 Å². The number of thiophene rings is 1. The van der Waals surface area contributed by atoms with E-state index in [1.165, 1.54) is 17.4 Å². The Labute approximate surface area is 110 Å². The second kappa shape index (κ2) is 4.08. The summed E-state index contributed by atoms with van der Waals surface area (Å²) in [5.74, 6) is -0.572. The number of primary amides is 1. The maximum atomic E-state index is 11.1. The van der Waals surface area contributed by atoms with Gasteiger partial charge in [0, 0.05) is 16.5 Å². The van der Waals surface area contributed by atoms with Crippen LogP contribution in [0.5, 0.6) is 5.75 Å². The number of benzene rings is 1. The molecule has 0 saturated heterocycles. The van der Waals surface area contributed by atoms with E-state index in [1.54, 1.807) is 17.4 Å². The van der Waals surface area contributed by atoms with Crippen molar-refractivity contribution in [1.29, 1.82) is 0 Å². The van der Waals surface area contributed by atoms with Gasteiger partial charge in [0.15, 0.2) is 0 Å². The Hall–Kier alpha value is -1.92. The number of carbonyl (C=O) groups excluding carboxylic acids is 1. The standard InChI is InChI=1S/C12H8N2O2S2/c13-11(16)7-3-8(15)10-9(4-7)18-12(14-10)6-1-2-17-5-6/h1-5,15H,(H2,13,16). The highest BCUT2D eigenvalue weighted by molar-refractivity contribution is 7.22. The second-order valence-corrected chi connectivity index (χ2v) is 5.55. The normalized spacial score (nSPS) is 10.9. The number of nitrogens with zero attached hydrogens (tertiary/aromatic N) is 1. The number of phenolic OH excluding ortho intramolecular Hbond substituents is 1. The largest absolute Gasteiger partial charge is 0.506 e. The first-order valence-corrected chi connectivity index (χ1v) is 6.87. The van der Waals surface area contributed by atoms with E-state index >= 15 is 0 Å². The predicted molar refractivity (Wildman–Crippen MR) is 73.1 cm³/mol. The fraction of sp³-hybridized carbons (Fsp3) is 0. The molecule has 1 amide bonds. The van der Waals surface area contributed by atoms with Gasteiger partial charge in [-0.2, -0.15) is 11.3 Å². The van der Waals surface area contributed by atoms with Crippen molar-refractivity contribution in [1.82, 2.24) is 4.98 Å². The van der Waals surface area contributed by atoms with Crippen molar-refractivity contribution in [3.05, 3.63) is 34.5 Å². The lowest BCUT2D eigenvalue weighted by molar-refractivity contribution is 0.1000. The third kappa shape index (κ3) is 1.75. The molecule has 18 heavy (non-hydrogen) atoms. The molecule has 2 aromatic heterocycles. The third-order valence-corrected chi connectivity index (χ3v) is 4.26. The first-order valence-electron chi connectivity index (χ1n) is 5.11. The van der Waals surface area contributed by atoms with Gasteiger partial charge in [-0.15, -0.1) is 11.3 Å². The SMILES string of the molecule is NC(=O)c1cc(O)c2nc(-c3ccsc3)sc2c1. The molecule has 6 heteroatoms. The molecule has 3 rings (SSSR count). The number of nitrogens with two attached hydrogens (primary N) is 1. The Kier molecular flexibility index (Phi) is 2.53. The van der Waals surface area contributed by atoms with E-state index in [9.17, 15) is 9.90 Å². The van der Waals surface area contributed by atoms with Gasteiger partial charge in [0.25, 0.3) is 0 Å². The smallest absolute Gasteiger partial charge is 0.248 e. The van der Waals surface area contributed by atoms with Crippen LogP contribution >= 0.6 is 22.7 Å². The minimum Gasteiger partial charge on any atom is -0.506 e. The summed E-state index contributed by atoms with van der Waals surface area (Å²) in [5, 5.41) is 14.6. The zero-order valence-electron chi connectivity index (χ0n) is 9.08. The molecule has 0 aliphatic rings. The molecule has 90 valence electrons. The summed E-state index contributed by atoms with van der Waals surface area (Å²) >= 11 is 3.02. The molecule has 0 aliphatic heterocycles. The molecule has 0 fully saturated rings. The van der Waals surface area contributed by atoms with E-state index in [1.807, 2.05) is 16.8 Å². The van der Waals surface area contributed by atoms with Gasteiger partial charge >= 0.3 is 0 Å². The number of fused-ring (bicyclic) bond motifs is 1. The first kappa shape index (κ1) is 11.2. The molecule has 3 N–H and O–H groups in total. The Balaban J connectivity index is 2.23. The van der Waals surface area contributed by atoms with Gasteiger partial charge in [0.2, 0.25) is 5.91 Å². The molecule has 0 atom stereocenters. The van der Waals surface area contributed by atoms with Crippen LogP contribution in [0.25, 0.3) is 20.8 Å². The summed E-state index contributed by atoms with van der Waals surface area (Å²) in [6.45, 7) is 0. The number of thiazole rings is 1. The second-order valence-electron chi connectivity index (χ2n) is 3.74. The fourth-order valence-corrected chi connectivity index (χ4v) is 3.40. The van der Waals surface area contributed by atoms with Crippen LogP contribution in [0.2, 0.25) is 0 Å². The highest BCUT2D eigenvalue weighted by Crippen LogP contribution is 2.35. The molecule has 0 radical (unpaired) electrons. The number of phenols is 1. The van der Waals surface area contributed by atoms with E-state index in [4.69, 9.17) is 5.73 Å². The van der Waals surface area contributed by atoms with Crippen molar-refractivity contribution in [2.24, 2.45) is 5.73 Å². The van der Waals surface area contributed by atoms with Crippen molar-refractivity contribution in [2.75, 3.05) is 0 Å². The Bertz CT molecular complexity index is 732. The molecule has 0 spiro atoms. The van der Waals surface area contributed by atoms with E-state index in [0.717, 1.165) is 15.3 Å². The van der Waals surface area contributed by atoms with E-state index in [-0.39, 0.29) is 5.75 Å². The summed E-state index contributed by atoms with van der Waals surface area (Å²) < 4.78 is 0.755. The Morgan fingerprint density at radius 3 is 2.89 bits per heavy atom. The minimum absolute atomic E-state index is 0.0148. The molecular weight excluding hydrogens is 268 g/mol. The fourth-order valence-electron chi connectivity index (χ4n) is 1.66. The summed E-state index contributed by atoms with van der Waals surface area (Å²) in [6, 6.07) is 4.97. The summed E-state index contributed by atoms with van der Waals surface area (Å²) in [5.41, 5.74) is 7.02. The zero-order chi connectivity index (χ0) is 12.7. The lowest BCUT2D eigenvalue weighted by Crippen LogP contribution is -2.10. The molecule has 3 aromatic rings. The molecule has 0 bridgehead atoms. The van der Waals surface area contributed by atoms with E-state index in [0.29, 0.717) is 11.1 Å². The average Bonchev–Trinajstić information content (AvgIpc) is 2.96. The van der Waals surface area contributed by atoms with Gasteiger partial charge < -0.3 is 10.8 Å². The molecular formula is C12H8N2O2S2. The van der Waals surface area contributed by atoms with Crippen LogP contribution in [0.4, 0.5) is 0 Å². The average molecular weight is 276 g/mol. The lowest BCUT2D eigenvalue weighted by atomic mass is 10.2. The van der Waals surface area contributed by atoms with Crippen molar-refractivity contribution in [3.8, 4) is 16.3 Å². The van der Waals surface area contributed by atoms with Crippen molar-refractivity contribution >= 4 is 38.8 Å². The van der Waals surface area contributed by atoms with Crippen LogP contribution < -0.4 is 5.73 Å². The lowest BCUT2D eigenvalue weighted by Gasteiger charge is -1.97. The first-order chi connectivity index (χ1) is 8.65. The number of rotatable bonds is 2. The van der Waals surface area contributed by atoms with Gasteiger partial charge in [0.1, 0.15) is 16.3 Å². The van der Waals surface area contributed by atoms with Gasteiger partial charge in [0.05, 0.1) is 4.70 Å². The maximum Gasteiger partial charge on any atom is 0.248 e. The Morgan fingerprint density at radius 1 is 1.39 bits per heavy atom. The third-order valence-electron chi connectivity index (χ3n) is 2.53. The van der Waals surface area contributed by atoms with Crippen molar-refractivity contribution < 1.29 is 9.90 Å². The van der Waals surface area contributed by atoms with Gasteiger partial charge in [-0.3, -0.25) is 4.79 Å². The topological polar surface area (TPSA) is 76.2 Å². The number of aromatic nitrogens is 1. The number of amides is 1. The minimum atomic E-state index is -0.558. The molecule has 1 aromatic carbocycles. The van der Waals surface area contributed by atoms with Crippen LogP contribution in [-0.2, 0) is 0 Å². The number of carbonyl (C=O) groups is 1. The summed E-state index contributed by atoms with van der Waals surface area (Å²) in [4.78, 5) is 15.5. The Morgan fingerprint density at radius 2 is 2.22 bits per heavy atom. The van der Waals surface area contributed by atoms with Crippen LogP contribution in [0.3, 0.4) is 0 Å². The summed E-state index contributed by atoms with van der Waals surface area (Å²) in [7, 11) is 0. The highest BCUT2D eigenvalue weighted by Gasteiger charge is 2.13. The molecule has 0 aliphatic carbocycles. The van der Waals surface area contributed by atoms with E-state index in [2.05, 4.69) is 4.98 Å². The van der Waals surface area contributed by atoms with Crippen molar-refractivity contribution in [2.45, 2.75) is 0 Å². The predicted octanol–water partition coefficient (Wildman–Crippen LogP) is 2.83. The van der Waals surface area contributed by atoms with Gasteiger partial charge in [-0.05, 0) is 23.6 Å². The number of hydrogen-bond donors (Lipinski definition) is 2.